The number of hydrogen-bond donors (Lipinski definition) is 0. The van der Waals surface area contributed by atoms with E-state index < -0.39 is 0 Å². The van der Waals surface area contributed by atoms with Crippen molar-refractivity contribution in [3.63, 3.8) is 0 Å². The van der Waals surface area contributed by atoms with Gasteiger partial charge in [0.15, 0.2) is 0 Å². The van der Waals surface area contributed by atoms with Crippen molar-refractivity contribution in [3.8, 4) is 0 Å². The lowest BCUT2D eigenvalue weighted by Crippen LogP contribution is -2.14. The molecule has 1 aromatic rings. The highest BCUT2D eigenvalue weighted by atomic mass is 32.1. The lowest BCUT2D eigenvalue weighted by atomic mass is 9.89. The lowest BCUT2D eigenvalue weighted by molar-refractivity contribution is -0.120. The molecule has 3 heteroatoms. The molecule has 13 heavy (non-hydrogen) atoms. The zero-order valence-corrected chi connectivity index (χ0v) is 9.15. The maximum absolute atomic E-state index is 11.5. The van der Waals surface area contributed by atoms with E-state index in [-0.39, 0.29) is 5.41 Å². The van der Waals surface area contributed by atoms with Crippen molar-refractivity contribution in [2.75, 3.05) is 0 Å². The molecule has 0 aliphatic rings. The van der Waals surface area contributed by atoms with Crippen LogP contribution in [0.25, 0.3) is 0 Å². The summed E-state index contributed by atoms with van der Waals surface area (Å²) in [5, 5.41) is 0. The number of hydrogen-bond acceptors (Lipinski definition) is 3. The first kappa shape index (κ1) is 10.4. The molecule has 0 fully saturated rings. The van der Waals surface area contributed by atoms with E-state index in [0.717, 1.165) is 4.88 Å². The average molecular weight is 197 g/mol. The molecule has 1 rings (SSSR count). The zero-order valence-electron chi connectivity index (χ0n) is 8.33. The van der Waals surface area contributed by atoms with Gasteiger partial charge in [0.05, 0.1) is 5.51 Å². The van der Waals surface area contributed by atoms with Crippen LogP contribution in [0.15, 0.2) is 11.7 Å². The molecule has 0 N–H and O–H groups in total. The SMILES string of the molecule is CC(C)(C)CC(=O)Cc1cncs1. The first-order valence-electron chi connectivity index (χ1n) is 4.36. The van der Waals surface area contributed by atoms with Crippen LogP contribution >= 0.6 is 11.3 Å². The quantitative estimate of drug-likeness (QED) is 0.745. The Morgan fingerprint density at radius 2 is 2.23 bits per heavy atom. The van der Waals surface area contributed by atoms with Crippen molar-refractivity contribution in [2.45, 2.75) is 33.6 Å². The molecule has 72 valence electrons. The van der Waals surface area contributed by atoms with Gasteiger partial charge in [-0.3, -0.25) is 9.78 Å². The topological polar surface area (TPSA) is 30.0 Å². The second-order valence-electron chi connectivity index (χ2n) is 4.42. The number of ketones is 1. The van der Waals surface area contributed by atoms with Gasteiger partial charge >= 0.3 is 0 Å². The van der Waals surface area contributed by atoms with Gasteiger partial charge in [-0.2, -0.15) is 0 Å². The minimum absolute atomic E-state index is 0.0990. The summed E-state index contributed by atoms with van der Waals surface area (Å²) < 4.78 is 0. The molecule has 0 spiro atoms. The summed E-state index contributed by atoms with van der Waals surface area (Å²) in [6, 6.07) is 0. The molecular formula is C10H15NOS. The largest absolute Gasteiger partial charge is 0.299 e. The van der Waals surface area contributed by atoms with Crippen LogP contribution < -0.4 is 0 Å². The monoisotopic (exact) mass is 197 g/mol. The summed E-state index contributed by atoms with van der Waals surface area (Å²) >= 11 is 1.55. The minimum atomic E-state index is 0.0990. The molecule has 0 unspecified atom stereocenters. The van der Waals surface area contributed by atoms with E-state index in [1.807, 2.05) is 0 Å². The Morgan fingerprint density at radius 1 is 1.54 bits per heavy atom. The predicted octanol–water partition coefficient (Wildman–Crippen LogP) is 2.69. The summed E-state index contributed by atoms with van der Waals surface area (Å²) in [5.41, 5.74) is 1.86. The highest BCUT2D eigenvalue weighted by Gasteiger charge is 2.16. The summed E-state index contributed by atoms with van der Waals surface area (Å²) in [5.74, 6) is 0.303. The third-order valence-corrected chi connectivity index (χ3v) is 2.36. The van der Waals surface area contributed by atoms with E-state index in [9.17, 15) is 4.79 Å². The van der Waals surface area contributed by atoms with Crippen LogP contribution in [0.2, 0.25) is 0 Å². The number of thiazole rings is 1. The Labute approximate surface area is 83.0 Å². The van der Waals surface area contributed by atoms with Gasteiger partial charge in [-0.1, -0.05) is 20.8 Å². The van der Waals surface area contributed by atoms with Crippen LogP contribution in [0.4, 0.5) is 0 Å². The molecule has 0 radical (unpaired) electrons. The van der Waals surface area contributed by atoms with Gasteiger partial charge in [-0.25, -0.2) is 0 Å². The van der Waals surface area contributed by atoms with Crippen molar-refractivity contribution in [1.29, 1.82) is 0 Å². The second-order valence-corrected chi connectivity index (χ2v) is 5.39. The molecule has 0 aliphatic carbocycles. The molecule has 0 saturated heterocycles. The standard InChI is InChI=1S/C10H15NOS/c1-10(2,3)5-8(12)4-9-6-11-7-13-9/h6-7H,4-5H2,1-3H3. The van der Waals surface area contributed by atoms with Crippen LogP contribution in [-0.2, 0) is 11.2 Å². The average Bonchev–Trinajstić information content (AvgIpc) is 2.34. The molecule has 2 nitrogen and oxygen atoms in total. The van der Waals surface area contributed by atoms with Crippen LogP contribution in [0.5, 0.6) is 0 Å². The third-order valence-electron chi connectivity index (χ3n) is 1.58. The molecular weight excluding hydrogens is 182 g/mol. The van der Waals surface area contributed by atoms with Crippen molar-refractivity contribution < 1.29 is 4.79 Å². The smallest absolute Gasteiger partial charge is 0.138 e. The fourth-order valence-corrected chi connectivity index (χ4v) is 1.80. The maximum atomic E-state index is 11.5. The predicted molar refractivity (Wildman–Crippen MR) is 54.9 cm³/mol. The summed E-state index contributed by atoms with van der Waals surface area (Å²) in [6.45, 7) is 6.24. The Balaban J connectivity index is 2.43. The van der Waals surface area contributed by atoms with Crippen LogP contribution in [-0.4, -0.2) is 10.8 Å². The van der Waals surface area contributed by atoms with E-state index in [1.54, 1.807) is 23.0 Å². The Hall–Kier alpha value is -0.700. The van der Waals surface area contributed by atoms with Gasteiger partial charge in [0.25, 0.3) is 0 Å². The molecule has 0 saturated carbocycles. The van der Waals surface area contributed by atoms with Gasteiger partial charge in [-0.15, -0.1) is 11.3 Å². The first-order valence-corrected chi connectivity index (χ1v) is 5.24. The normalized spacial score (nSPS) is 11.6. The molecule has 0 amide bonds. The van der Waals surface area contributed by atoms with Gasteiger partial charge in [0.2, 0.25) is 0 Å². The van der Waals surface area contributed by atoms with Crippen LogP contribution in [0.3, 0.4) is 0 Å². The van der Waals surface area contributed by atoms with E-state index in [2.05, 4.69) is 25.8 Å². The fraction of sp³-hybridized carbons (Fsp3) is 0.600. The second kappa shape index (κ2) is 4.01. The Kier molecular flexibility index (Phi) is 3.20. The maximum Gasteiger partial charge on any atom is 0.138 e. The van der Waals surface area contributed by atoms with Gasteiger partial charge < -0.3 is 0 Å². The number of rotatable bonds is 3. The van der Waals surface area contributed by atoms with E-state index in [0.29, 0.717) is 18.6 Å². The molecule has 0 aliphatic heterocycles. The van der Waals surface area contributed by atoms with E-state index in [1.165, 1.54) is 0 Å². The lowest BCUT2D eigenvalue weighted by Gasteiger charge is -2.16. The number of carbonyl (C=O) groups excluding carboxylic acids is 1. The van der Waals surface area contributed by atoms with Gasteiger partial charge in [-0.05, 0) is 5.41 Å². The summed E-state index contributed by atoms with van der Waals surface area (Å²) in [6.07, 6.45) is 2.96. The number of Topliss-reactive ketones (excluding diaryl/α,β-unsaturated/α-hetero) is 1. The van der Waals surface area contributed by atoms with E-state index >= 15 is 0 Å². The number of nitrogens with zero attached hydrogens (tertiary/aromatic N) is 1. The highest BCUT2D eigenvalue weighted by molar-refractivity contribution is 7.09. The number of aromatic nitrogens is 1. The van der Waals surface area contributed by atoms with Crippen molar-refractivity contribution in [3.05, 3.63) is 16.6 Å². The molecule has 1 heterocycles. The Bertz CT molecular complexity index is 272. The van der Waals surface area contributed by atoms with Gasteiger partial charge in [0, 0.05) is 23.9 Å². The fourth-order valence-electron chi connectivity index (χ4n) is 1.18. The van der Waals surface area contributed by atoms with Crippen molar-refractivity contribution >= 4 is 17.1 Å². The van der Waals surface area contributed by atoms with Crippen LogP contribution in [0.1, 0.15) is 32.1 Å². The minimum Gasteiger partial charge on any atom is -0.299 e. The Morgan fingerprint density at radius 3 is 2.69 bits per heavy atom. The molecule has 1 aromatic heterocycles. The van der Waals surface area contributed by atoms with E-state index in [4.69, 9.17) is 0 Å². The highest BCUT2D eigenvalue weighted by Crippen LogP contribution is 2.20. The third kappa shape index (κ3) is 4.18. The number of carbonyl (C=O) groups is 1. The van der Waals surface area contributed by atoms with Crippen LogP contribution in [0, 0.1) is 5.41 Å². The molecule has 0 atom stereocenters. The van der Waals surface area contributed by atoms with Crippen molar-refractivity contribution in [1.82, 2.24) is 4.98 Å². The summed E-state index contributed by atoms with van der Waals surface area (Å²) in [4.78, 5) is 16.5. The molecule has 0 aromatic carbocycles. The summed E-state index contributed by atoms with van der Waals surface area (Å²) in [7, 11) is 0. The van der Waals surface area contributed by atoms with Crippen molar-refractivity contribution in [2.24, 2.45) is 5.41 Å². The van der Waals surface area contributed by atoms with Gasteiger partial charge in [0.1, 0.15) is 5.78 Å². The first-order chi connectivity index (χ1) is 5.97. The molecule has 0 bridgehead atoms. The zero-order chi connectivity index (χ0) is 9.90.